The van der Waals surface area contributed by atoms with Crippen molar-refractivity contribution >= 4 is 80.4 Å². The van der Waals surface area contributed by atoms with Crippen LogP contribution in [-0.4, -0.2) is 73.0 Å². The zero-order valence-electron chi connectivity index (χ0n) is 40.1. The van der Waals surface area contributed by atoms with Gasteiger partial charge in [-0.15, -0.1) is 0 Å². The van der Waals surface area contributed by atoms with Crippen molar-refractivity contribution in [2.75, 3.05) is 0 Å². The summed E-state index contributed by atoms with van der Waals surface area (Å²) < 4.78 is 103. The van der Waals surface area contributed by atoms with E-state index in [4.69, 9.17) is 61.0 Å². The number of nitrogens with zero attached hydrogens (tertiary/aromatic N) is 6. The molecule has 8 rings (SSSR count). The first kappa shape index (κ1) is 59.2. The zero-order valence-corrected chi connectivity index (χ0v) is 43.1. The van der Waals surface area contributed by atoms with E-state index in [0.29, 0.717) is 11.0 Å². The largest absolute Gasteiger partial charge is 0.478 e. The van der Waals surface area contributed by atoms with Crippen molar-refractivity contribution < 1.29 is 65.8 Å². The summed E-state index contributed by atoms with van der Waals surface area (Å²) in [6, 6.07) is 17.2. The van der Waals surface area contributed by atoms with Crippen LogP contribution in [0.4, 0.5) is 26.3 Å². The summed E-state index contributed by atoms with van der Waals surface area (Å²) in [6.45, 7) is 2.37. The predicted molar refractivity (Wildman–Crippen MR) is 275 cm³/mol. The van der Waals surface area contributed by atoms with E-state index in [1.54, 1.807) is 0 Å². The third kappa shape index (κ3) is 10.8. The Labute approximate surface area is 452 Å². The van der Waals surface area contributed by atoms with Crippen molar-refractivity contribution in [2.45, 2.75) is 56.7 Å². The highest BCUT2D eigenvalue weighted by Gasteiger charge is 2.60. The zero-order chi connectivity index (χ0) is 56.3. The van der Waals surface area contributed by atoms with E-state index < -0.39 is 69.8 Å². The van der Waals surface area contributed by atoms with Crippen molar-refractivity contribution in [3.8, 4) is 23.1 Å². The summed E-state index contributed by atoms with van der Waals surface area (Å²) in [7, 11) is 5.84. The van der Waals surface area contributed by atoms with Crippen LogP contribution in [0.5, 0.6) is 23.1 Å². The van der Waals surface area contributed by atoms with E-state index >= 15 is 0 Å². The predicted octanol–water partition coefficient (Wildman–Crippen LogP) is 11.9. The fraction of sp³-hybridized carbons (Fsp3) is 0.255. The molecule has 4 N–H and O–H groups in total. The van der Waals surface area contributed by atoms with Crippen LogP contribution in [-0.2, 0) is 39.4 Å². The number of ether oxygens (including phenoxy) is 2. The molecule has 77 heavy (non-hydrogen) atoms. The van der Waals surface area contributed by atoms with Gasteiger partial charge in [0.1, 0.15) is 28.0 Å². The minimum Gasteiger partial charge on any atom is -0.478 e. The molecule has 0 radical (unpaired) electrons. The van der Waals surface area contributed by atoms with E-state index in [1.807, 2.05) is 0 Å². The second kappa shape index (κ2) is 21.7. The molecule has 0 aliphatic rings. The van der Waals surface area contributed by atoms with Crippen LogP contribution < -0.4 is 20.9 Å². The number of hydrogen-bond donors (Lipinski definition) is 4. The Bertz CT molecular complexity index is 3750. The first-order valence-electron chi connectivity index (χ1n) is 22.0. The fourth-order valence-corrected chi connectivity index (χ4v) is 9.67. The molecule has 4 heterocycles. The number of hydrogen-bond acceptors (Lipinski definition) is 10. The topological polar surface area (TPSA) is 213 Å². The number of imidazole rings is 2. The van der Waals surface area contributed by atoms with Gasteiger partial charge in [0.2, 0.25) is 5.88 Å². The second-order valence-electron chi connectivity index (χ2n) is 17.4. The molecular weight excluding hydrogens is 1110 g/mol. The molecule has 0 saturated heterocycles. The van der Waals surface area contributed by atoms with Gasteiger partial charge >= 0.3 is 35.7 Å². The summed E-state index contributed by atoms with van der Waals surface area (Å²) in [4.78, 5) is 54.6. The summed E-state index contributed by atoms with van der Waals surface area (Å²) in [6.07, 6.45) is -8.24. The first-order valence-corrected chi connectivity index (χ1v) is 23.5. The summed E-state index contributed by atoms with van der Waals surface area (Å²) in [5.41, 5.74) is -7.88. The fourth-order valence-electron chi connectivity index (χ4n) is 8.63. The molecule has 0 bridgehead atoms. The van der Waals surface area contributed by atoms with E-state index in [1.165, 1.54) is 121 Å². The van der Waals surface area contributed by atoms with E-state index in [9.17, 15) is 60.8 Å². The Hall–Kier alpha value is -7.08. The van der Waals surface area contributed by atoms with E-state index in [-0.39, 0.29) is 84.1 Å². The molecule has 4 aromatic carbocycles. The van der Waals surface area contributed by atoms with Gasteiger partial charge in [0.15, 0.2) is 11.2 Å². The molecular formula is C51H44Cl4F6N6O10. The number of rotatable bonds is 12. The smallest absolute Gasteiger partial charge is 0.422 e. The lowest BCUT2D eigenvalue weighted by atomic mass is 9.77. The van der Waals surface area contributed by atoms with E-state index in [0.717, 1.165) is 36.7 Å². The van der Waals surface area contributed by atoms with Gasteiger partial charge in [0.25, 0.3) is 0 Å². The monoisotopic (exact) mass is 1150 g/mol. The quantitative estimate of drug-likeness (QED) is 0.0664. The maximum Gasteiger partial charge on any atom is 0.422 e. The minimum atomic E-state index is -5.13. The van der Waals surface area contributed by atoms with Crippen LogP contribution >= 0.6 is 46.4 Å². The molecule has 0 fully saturated rings. The molecule has 0 saturated carbocycles. The average molecular weight is 1160 g/mol. The molecule has 0 aliphatic heterocycles. The molecule has 0 spiro atoms. The van der Waals surface area contributed by atoms with Crippen molar-refractivity contribution in [3.05, 3.63) is 172 Å². The minimum absolute atomic E-state index is 0. The van der Waals surface area contributed by atoms with Crippen LogP contribution in [0, 0.1) is 0 Å². The second-order valence-corrected chi connectivity index (χ2v) is 19.0. The summed E-state index contributed by atoms with van der Waals surface area (Å²) in [5, 5.41) is 40.4. The van der Waals surface area contributed by atoms with Crippen LogP contribution in [0.15, 0.2) is 107 Å². The summed E-state index contributed by atoms with van der Waals surface area (Å²) in [5.74, 6) is -5.89. The van der Waals surface area contributed by atoms with Gasteiger partial charge in [-0.2, -0.15) is 26.3 Å². The highest BCUT2D eigenvalue weighted by Crippen LogP contribution is 2.52. The number of aromatic carboxylic acids is 2. The lowest BCUT2D eigenvalue weighted by Gasteiger charge is -2.37. The summed E-state index contributed by atoms with van der Waals surface area (Å²) >= 11 is 24.4. The number of benzene rings is 4. The maximum atomic E-state index is 14.5. The first-order chi connectivity index (χ1) is 35.3. The number of aromatic nitrogens is 6. The highest BCUT2D eigenvalue weighted by atomic mass is 35.5. The number of pyridine rings is 2. The number of fused-ring (bicyclic) bond motifs is 2. The molecule has 4 aromatic heterocycles. The van der Waals surface area contributed by atoms with Gasteiger partial charge in [-0.1, -0.05) is 91.9 Å². The van der Waals surface area contributed by atoms with Crippen LogP contribution in [0.3, 0.4) is 0 Å². The molecule has 4 atom stereocenters. The average Bonchev–Trinajstić information content (AvgIpc) is 3.74. The number of halogens is 10. The van der Waals surface area contributed by atoms with Crippen LogP contribution in [0.25, 0.3) is 22.1 Å². The number of alkyl halides is 6. The molecule has 0 unspecified atom stereocenters. The van der Waals surface area contributed by atoms with Crippen molar-refractivity contribution in [1.29, 1.82) is 0 Å². The highest BCUT2D eigenvalue weighted by molar-refractivity contribution is 6.33. The Morgan fingerprint density at radius 1 is 0.545 bits per heavy atom. The molecule has 26 heteroatoms. The lowest BCUT2D eigenvalue weighted by molar-refractivity contribution is -0.274. The van der Waals surface area contributed by atoms with Gasteiger partial charge in [0, 0.05) is 74.6 Å². The number of aryl methyl sites for hydroxylation is 4. The normalized spacial score (nSPS) is 14.2. The molecule has 0 amide bonds. The Kier molecular flexibility index (Phi) is 16.7. The molecule has 16 nitrogen and oxygen atoms in total. The lowest BCUT2D eigenvalue weighted by Crippen LogP contribution is -2.46. The molecule has 408 valence electrons. The molecule has 0 aliphatic carbocycles. The van der Waals surface area contributed by atoms with Crippen LogP contribution in [0.2, 0.25) is 20.2 Å². The van der Waals surface area contributed by atoms with Crippen molar-refractivity contribution in [2.24, 2.45) is 28.2 Å². The third-order valence-electron chi connectivity index (χ3n) is 13.0. The number of aliphatic hydroxyl groups is 2. The Morgan fingerprint density at radius 3 is 1.34 bits per heavy atom. The van der Waals surface area contributed by atoms with Crippen LogP contribution in [0.1, 0.15) is 76.1 Å². The maximum absolute atomic E-state index is 14.5. The molecule has 8 aromatic rings. The van der Waals surface area contributed by atoms with Gasteiger partial charge in [-0.25, -0.2) is 29.1 Å². The number of carboxylic acid groups (broad SMARTS) is 2. The third-order valence-corrected chi connectivity index (χ3v) is 14.2. The van der Waals surface area contributed by atoms with Gasteiger partial charge < -0.3 is 29.9 Å². The van der Waals surface area contributed by atoms with E-state index in [2.05, 4.69) is 9.97 Å². The van der Waals surface area contributed by atoms with Crippen molar-refractivity contribution in [1.82, 2.24) is 28.2 Å². The number of carboxylic acids is 2. The van der Waals surface area contributed by atoms with Gasteiger partial charge in [-0.3, -0.25) is 18.3 Å². The van der Waals surface area contributed by atoms with Crippen molar-refractivity contribution in [3.63, 3.8) is 0 Å². The van der Waals surface area contributed by atoms with Gasteiger partial charge in [0.05, 0.1) is 32.7 Å². The number of carbonyl (C=O) groups is 2. The Balaban J connectivity index is 0.000000246. The van der Waals surface area contributed by atoms with Gasteiger partial charge in [-0.05, 0) is 70.8 Å². The SMILES string of the molecule is C.C[C@H](c1ccc(Oc2cc(Cl)c(C(=O)O)cn2)cc1Cl)[C@@](O)(c1ccc2c(c1)n(C)c(=O)n2C)C(F)(F)F.C[C@H](c1ccc(Oc2cc(Cl)ncc2C(=O)O)cc1Cl)[C@@](O)(c1ccc2c(c1)n(C)c(=O)n2C)C(F)(F)F. The Morgan fingerprint density at radius 2 is 0.948 bits per heavy atom. The standard InChI is InChI=1S/2C25H20Cl2F3N3O5.CH4/c1-12(15-6-5-14(9-17(15)26)38-21-10-18(27)16(11-31-21)22(34)35)24(37,25(28,29)30)13-4-7-19-20(8-13)33(3)23(36)32(19)2;1-12(15-6-5-14(9-17(15)26)38-20-10-21(27)31-11-16(20)22(34)35)24(37,25(28,29)30)13-4-7-18-19(8-13)33(3)23(36)32(18)2;/h2*4-12,37H,1-3H3,(H,34,35);1H4/t2*12-,24-;/m11./s1.